The van der Waals surface area contributed by atoms with Crippen LogP contribution in [0.2, 0.25) is 5.02 Å². The van der Waals surface area contributed by atoms with E-state index in [-0.39, 0.29) is 16.6 Å². The first-order chi connectivity index (χ1) is 20.4. The Kier molecular flexibility index (Phi) is 6.82. The molecule has 6 rings (SSSR count). The van der Waals surface area contributed by atoms with Gasteiger partial charge < -0.3 is 10.4 Å². The third-order valence-electron chi connectivity index (χ3n) is 7.08. The zero-order valence-electron chi connectivity index (χ0n) is 22.6. The fourth-order valence-corrected chi connectivity index (χ4v) is 5.17. The molecule has 218 valence electrons. The van der Waals surface area contributed by atoms with Gasteiger partial charge in [0.15, 0.2) is 5.65 Å². The number of pyridine rings is 1. The van der Waals surface area contributed by atoms with Crippen LogP contribution in [0, 0.1) is 0 Å². The number of aliphatic hydroxyl groups is 1. The van der Waals surface area contributed by atoms with E-state index in [1.807, 2.05) is 0 Å². The Morgan fingerprint density at radius 2 is 1.84 bits per heavy atom. The number of nitrogens with zero attached hydrogens (tertiary/aromatic N) is 4. The average Bonchev–Trinajstić information content (AvgIpc) is 3.52. The number of rotatable bonds is 5. The number of carbonyl (C=O) groups excluding carboxylic acids is 1. The Morgan fingerprint density at radius 1 is 1.09 bits per heavy atom. The number of fused-ring (bicyclic) bond motifs is 3. The van der Waals surface area contributed by atoms with Gasteiger partial charge in [-0.05, 0) is 61.5 Å². The van der Waals surface area contributed by atoms with Gasteiger partial charge in [0, 0.05) is 34.4 Å². The molecule has 3 heterocycles. The second-order valence-corrected chi connectivity index (χ2v) is 10.4. The number of benzene rings is 3. The summed E-state index contributed by atoms with van der Waals surface area (Å²) in [6.45, 7) is 1.56. The first-order valence-electron chi connectivity index (χ1n) is 13.0. The molecular formula is C30H22ClF3N6O3. The minimum atomic E-state index is -4.58. The summed E-state index contributed by atoms with van der Waals surface area (Å²) >= 11 is 6.11. The minimum Gasteiger partial charge on any atom is -0.389 e. The Labute approximate surface area is 246 Å². The van der Waals surface area contributed by atoms with Crippen LogP contribution in [-0.4, -0.2) is 35.6 Å². The molecule has 0 saturated heterocycles. The van der Waals surface area contributed by atoms with Crippen LogP contribution in [0.15, 0.2) is 77.7 Å². The number of aliphatic hydroxyl groups excluding tert-OH is 1. The molecule has 1 atom stereocenters. The molecule has 0 bridgehead atoms. The highest BCUT2D eigenvalue weighted by molar-refractivity contribution is 6.31. The minimum absolute atomic E-state index is 0.0766. The number of H-pyrrole nitrogens is 1. The summed E-state index contributed by atoms with van der Waals surface area (Å²) < 4.78 is 43.2. The van der Waals surface area contributed by atoms with Crippen molar-refractivity contribution in [3.05, 3.63) is 105 Å². The van der Waals surface area contributed by atoms with Crippen LogP contribution in [0.1, 0.15) is 34.5 Å². The number of anilines is 1. The zero-order valence-corrected chi connectivity index (χ0v) is 23.3. The average molecular weight is 607 g/mol. The Bertz CT molecular complexity index is 2100. The highest BCUT2D eigenvalue weighted by Gasteiger charge is 2.31. The van der Waals surface area contributed by atoms with Gasteiger partial charge in [-0.15, -0.1) is 0 Å². The van der Waals surface area contributed by atoms with Crippen molar-refractivity contribution in [2.24, 2.45) is 7.05 Å². The molecule has 0 saturated carbocycles. The molecule has 13 heteroatoms. The number of aromatic amines is 1. The van der Waals surface area contributed by atoms with Crippen LogP contribution < -0.4 is 10.9 Å². The monoisotopic (exact) mass is 606 g/mol. The van der Waals surface area contributed by atoms with Crippen molar-refractivity contribution in [2.75, 3.05) is 5.32 Å². The first-order valence-corrected chi connectivity index (χ1v) is 13.3. The Morgan fingerprint density at radius 3 is 2.53 bits per heavy atom. The SMILES string of the molecule is C[C@H](O)c1cc(NC(=O)c2ccc(-n3[nH]c4c(c(-c5cccc(C(F)(F)F)c5)nc5c4cnn5C)c3=O)cc2)ccc1Cl. The molecule has 0 unspecified atom stereocenters. The molecule has 0 spiro atoms. The van der Waals surface area contributed by atoms with Gasteiger partial charge in [0.2, 0.25) is 0 Å². The predicted molar refractivity (Wildman–Crippen MR) is 156 cm³/mol. The summed E-state index contributed by atoms with van der Waals surface area (Å²) in [4.78, 5) is 31.2. The second kappa shape index (κ2) is 10.4. The fraction of sp³-hybridized carbons (Fsp3) is 0.133. The second-order valence-electron chi connectivity index (χ2n) is 9.96. The molecule has 3 N–H and O–H groups in total. The van der Waals surface area contributed by atoms with Gasteiger partial charge >= 0.3 is 6.18 Å². The predicted octanol–water partition coefficient (Wildman–Crippen LogP) is 6.25. The lowest BCUT2D eigenvalue weighted by molar-refractivity contribution is -0.137. The van der Waals surface area contributed by atoms with Gasteiger partial charge in [0.05, 0.1) is 45.5 Å². The smallest absolute Gasteiger partial charge is 0.389 e. The molecule has 0 aliphatic rings. The van der Waals surface area contributed by atoms with E-state index in [9.17, 15) is 27.9 Å². The summed E-state index contributed by atoms with van der Waals surface area (Å²) in [7, 11) is 1.64. The van der Waals surface area contributed by atoms with E-state index in [0.29, 0.717) is 44.1 Å². The van der Waals surface area contributed by atoms with Crippen LogP contribution in [0.3, 0.4) is 0 Å². The molecule has 1 amide bonds. The van der Waals surface area contributed by atoms with Crippen LogP contribution in [0.25, 0.3) is 38.9 Å². The van der Waals surface area contributed by atoms with Crippen LogP contribution in [0.5, 0.6) is 0 Å². The van der Waals surface area contributed by atoms with Crippen molar-refractivity contribution in [3.63, 3.8) is 0 Å². The number of alkyl halides is 3. The summed E-state index contributed by atoms with van der Waals surface area (Å²) in [6.07, 6.45) is -3.88. The van der Waals surface area contributed by atoms with E-state index < -0.39 is 29.3 Å². The van der Waals surface area contributed by atoms with Gasteiger partial charge in [-0.1, -0.05) is 23.7 Å². The Hall–Kier alpha value is -4.94. The van der Waals surface area contributed by atoms with E-state index in [4.69, 9.17) is 11.6 Å². The molecule has 6 aromatic rings. The number of halogens is 4. The lowest BCUT2D eigenvalue weighted by atomic mass is 10.0. The van der Waals surface area contributed by atoms with E-state index in [2.05, 4.69) is 20.5 Å². The Balaban J connectivity index is 1.41. The number of aromatic nitrogens is 5. The number of carbonyl (C=O) groups is 1. The third-order valence-corrected chi connectivity index (χ3v) is 7.42. The maximum atomic E-state index is 13.8. The highest BCUT2D eigenvalue weighted by Crippen LogP contribution is 2.35. The first kappa shape index (κ1) is 28.2. The van der Waals surface area contributed by atoms with E-state index in [1.54, 1.807) is 44.3 Å². The van der Waals surface area contributed by atoms with Gasteiger partial charge in [-0.2, -0.15) is 18.3 Å². The van der Waals surface area contributed by atoms with Gasteiger partial charge in [-0.25, -0.2) is 9.67 Å². The summed E-state index contributed by atoms with van der Waals surface area (Å²) in [6, 6.07) is 15.6. The van der Waals surface area contributed by atoms with Gasteiger partial charge in [0.25, 0.3) is 11.5 Å². The van der Waals surface area contributed by atoms with Crippen LogP contribution in [0.4, 0.5) is 18.9 Å². The molecule has 43 heavy (non-hydrogen) atoms. The molecule has 3 aromatic heterocycles. The van der Waals surface area contributed by atoms with Gasteiger partial charge in [0.1, 0.15) is 0 Å². The fourth-order valence-electron chi connectivity index (χ4n) is 4.89. The lowest BCUT2D eigenvalue weighted by Crippen LogP contribution is -2.16. The normalized spacial score (nSPS) is 12.6. The molecular weight excluding hydrogens is 585 g/mol. The number of amides is 1. The third kappa shape index (κ3) is 5.04. The van der Waals surface area contributed by atoms with Crippen molar-refractivity contribution >= 4 is 45.1 Å². The zero-order chi connectivity index (χ0) is 30.6. The maximum absolute atomic E-state index is 13.8. The molecule has 0 aliphatic heterocycles. The number of hydrogen-bond donors (Lipinski definition) is 3. The molecule has 0 aliphatic carbocycles. The standard InChI is InChI=1S/C30H22ClF3N6O3/c1-15(41)21-13-19(8-11-23(21)31)36-28(42)16-6-9-20(10-7-16)40-29(43)24-25(17-4-3-5-18(12-17)30(32,33)34)37-27-22(26(24)38-40)14-35-39(27)2/h3-15,38,41H,1-2H3,(H,36,42)/t15-/m0/s1. The van der Waals surface area contributed by atoms with E-state index >= 15 is 0 Å². The van der Waals surface area contributed by atoms with Crippen molar-refractivity contribution in [3.8, 4) is 16.9 Å². The van der Waals surface area contributed by atoms with E-state index in [0.717, 1.165) is 12.1 Å². The number of aryl methyl sites for hydroxylation is 1. The highest BCUT2D eigenvalue weighted by atomic mass is 35.5. The number of hydrogen-bond acceptors (Lipinski definition) is 5. The largest absolute Gasteiger partial charge is 0.416 e. The summed E-state index contributed by atoms with van der Waals surface area (Å²) in [5, 5.41) is 20.9. The lowest BCUT2D eigenvalue weighted by Gasteiger charge is -2.11. The van der Waals surface area contributed by atoms with Crippen molar-refractivity contribution < 1.29 is 23.1 Å². The van der Waals surface area contributed by atoms with Crippen LogP contribution >= 0.6 is 11.6 Å². The molecule has 0 fully saturated rings. The van der Waals surface area contributed by atoms with Crippen molar-refractivity contribution in [1.82, 2.24) is 24.5 Å². The topological polar surface area (TPSA) is 118 Å². The number of nitrogens with one attached hydrogen (secondary N) is 2. The van der Waals surface area contributed by atoms with Crippen molar-refractivity contribution in [2.45, 2.75) is 19.2 Å². The molecule has 9 nitrogen and oxygen atoms in total. The maximum Gasteiger partial charge on any atom is 0.416 e. The quantitative estimate of drug-likeness (QED) is 0.215. The summed E-state index contributed by atoms with van der Waals surface area (Å²) in [5.74, 6) is -0.428. The molecule has 0 radical (unpaired) electrons. The van der Waals surface area contributed by atoms with Crippen LogP contribution in [-0.2, 0) is 13.2 Å². The summed E-state index contributed by atoms with van der Waals surface area (Å²) in [5.41, 5.74) is 1.11. The van der Waals surface area contributed by atoms with Crippen molar-refractivity contribution in [1.29, 1.82) is 0 Å². The van der Waals surface area contributed by atoms with Gasteiger partial charge in [-0.3, -0.25) is 19.4 Å². The van der Waals surface area contributed by atoms with E-state index in [1.165, 1.54) is 39.8 Å². The molecule has 3 aromatic carbocycles.